The Morgan fingerprint density at radius 2 is 1.78 bits per heavy atom. The first-order valence-corrected chi connectivity index (χ1v) is 8.11. The largest absolute Gasteiger partial charge is 0.478 e. The van der Waals surface area contributed by atoms with Crippen LogP contribution in [-0.4, -0.2) is 54.2 Å². The van der Waals surface area contributed by atoms with E-state index in [1.807, 2.05) is 12.1 Å². The van der Waals surface area contributed by atoms with Crippen molar-refractivity contribution in [2.75, 3.05) is 38.1 Å². The SMILES string of the molecule is Cc1sc(N2CCN(C)CC2)nc1-c1ccc(C(=O)O)cc1.Cl. The van der Waals surface area contributed by atoms with E-state index in [1.165, 1.54) is 0 Å². The Hall–Kier alpha value is -1.63. The molecule has 0 unspecified atom stereocenters. The molecule has 1 N–H and O–H groups in total. The van der Waals surface area contributed by atoms with Crippen LogP contribution in [0.3, 0.4) is 0 Å². The molecule has 5 nitrogen and oxygen atoms in total. The van der Waals surface area contributed by atoms with Gasteiger partial charge in [0.2, 0.25) is 0 Å². The number of nitrogens with zero attached hydrogens (tertiary/aromatic N) is 3. The zero-order valence-electron chi connectivity index (χ0n) is 13.2. The average molecular weight is 354 g/mol. The third-order valence-electron chi connectivity index (χ3n) is 3.96. The first-order valence-electron chi connectivity index (χ1n) is 7.29. The summed E-state index contributed by atoms with van der Waals surface area (Å²) in [6.07, 6.45) is 0. The molecule has 1 aromatic heterocycles. The number of piperazine rings is 1. The lowest BCUT2D eigenvalue weighted by molar-refractivity contribution is 0.0697. The van der Waals surface area contributed by atoms with Gasteiger partial charge in [0.05, 0.1) is 11.3 Å². The van der Waals surface area contributed by atoms with Gasteiger partial charge in [-0.25, -0.2) is 9.78 Å². The molecule has 0 atom stereocenters. The fourth-order valence-corrected chi connectivity index (χ4v) is 3.54. The minimum atomic E-state index is -0.903. The number of likely N-dealkylation sites (N-methyl/N-ethyl adjacent to an activating group) is 1. The normalized spacial score (nSPS) is 15.3. The first-order chi connectivity index (χ1) is 10.5. The van der Waals surface area contributed by atoms with Crippen LogP contribution < -0.4 is 4.90 Å². The third-order valence-corrected chi connectivity index (χ3v) is 5.00. The molecule has 1 aliphatic rings. The van der Waals surface area contributed by atoms with Crippen molar-refractivity contribution in [1.82, 2.24) is 9.88 Å². The molecule has 1 saturated heterocycles. The van der Waals surface area contributed by atoms with Crippen molar-refractivity contribution < 1.29 is 9.90 Å². The quantitative estimate of drug-likeness (QED) is 0.919. The monoisotopic (exact) mass is 353 g/mol. The second-order valence-corrected chi connectivity index (χ2v) is 6.76. The van der Waals surface area contributed by atoms with E-state index in [0.717, 1.165) is 47.4 Å². The third kappa shape index (κ3) is 3.83. The maximum absolute atomic E-state index is 10.9. The molecule has 0 spiro atoms. The van der Waals surface area contributed by atoms with Gasteiger partial charge in [-0.15, -0.1) is 23.7 Å². The Morgan fingerprint density at radius 3 is 2.35 bits per heavy atom. The molecule has 0 amide bonds. The number of benzene rings is 1. The number of hydrogen-bond acceptors (Lipinski definition) is 5. The van der Waals surface area contributed by atoms with Crippen LogP contribution in [0, 0.1) is 6.92 Å². The Kier molecular flexibility index (Phi) is 5.62. The Balaban J connectivity index is 0.00000192. The van der Waals surface area contributed by atoms with E-state index in [9.17, 15) is 4.79 Å². The van der Waals surface area contributed by atoms with Crippen molar-refractivity contribution in [1.29, 1.82) is 0 Å². The van der Waals surface area contributed by atoms with Crippen molar-refractivity contribution in [3.8, 4) is 11.3 Å². The van der Waals surface area contributed by atoms with E-state index in [1.54, 1.807) is 23.5 Å². The second kappa shape index (κ2) is 7.29. The number of anilines is 1. The molecule has 124 valence electrons. The summed E-state index contributed by atoms with van der Waals surface area (Å²) >= 11 is 1.71. The summed E-state index contributed by atoms with van der Waals surface area (Å²) in [5.74, 6) is -0.903. The van der Waals surface area contributed by atoms with Crippen molar-refractivity contribution in [3.63, 3.8) is 0 Å². The summed E-state index contributed by atoms with van der Waals surface area (Å²) in [6.45, 7) is 6.18. The molecular formula is C16H20ClN3O2S. The van der Waals surface area contributed by atoms with Crippen molar-refractivity contribution in [3.05, 3.63) is 34.7 Å². The highest BCUT2D eigenvalue weighted by Crippen LogP contribution is 2.32. The fourth-order valence-electron chi connectivity index (χ4n) is 2.55. The van der Waals surface area contributed by atoms with E-state index < -0.39 is 5.97 Å². The van der Waals surface area contributed by atoms with Crippen molar-refractivity contribution in [2.45, 2.75) is 6.92 Å². The number of thiazole rings is 1. The fraction of sp³-hybridized carbons (Fsp3) is 0.375. The molecule has 23 heavy (non-hydrogen) atoms. The number of halogens is 1. The molecule has 0 aliphatic carbocycles. The van der Waals surface area contributed by atoms with Gasteiger partial charge in [-0.1, -0.05) is 12.1 Å². The van der Waals surface area contributed by atoms with E-state index >= 15 is 0 Å². The van der Waals surface area contributed by atoms with Crippen LogP contribution in [-0.2, 0) is 0 Å². The van der Waals surface area contributed by atoms with Crippen LogP contribution in [0.1, 0.15) is 15.2 Å². The maximum Gasteiger partial charge on any atom is 0.335 e. The van der Waals surface area contributed by atoms with Gasteiger partial charge in [0.25, 0.3) is 0 Å². The number of rotatable bonds is 3. The van der Waals surface area contributed by atoms with Crippen LogP contribution in [0.25, 0.3) is 11.3 Å². The van der Waals surface area contributed by atoms with E-state index in [2.05, 4.69) is 23.8 Å². The van der Waals surface area contributed by atoms with Gasteiger partial charge in [-0.3, -0.25) is 0 Å². The van der Waals surface area contributed by atoms with Crippen LogP contribution in [0.2, 0.25) is 0 Å². The van der Waals surface area contributed by atoms with Gasteiger partial charge in [-0.2, -0.15) is 0 Å². The smallest absolute Gasteiger partial charge is 0.335 e. The Labute approximate surface area is 146 Å². The molecule has 0 radical (unpaired) electrons. The van der Waals surface area contributed by atoms with Crippen molar-refractivity contribution >= 4 is 34.8 Å². The zero-order chi connectivity index (χ0) is 15.7. The number of carboxylic acid groups (broad SMARTS) is 1. The minimum absolute atomic E-state index is 0. The standard InChI is InChI=1S/C16H19N3O2S.ClH/c1-11-14(12-3-5-13(6-4-12)15(20)21)17-16(22-11)19-9-7-18(2)8-10-19;/h3-6H,7-10H2,1-2H3,(H,20,21);1H. The Bertz CT molecular complexity index is 679. The lowest BCUT2D eigenvalue weighted by Crippen LogP contribution is -2.44. The van der Waals surface area contributed by atoms with Crippen LogP contribution >= 0.6 is 23.7 Å². The van der Waals surface area contributed by atoms with Gasteiger partial charge < -0.3 is 14.9 Å². The zero-order valence-corrected chi connectivity index (χ0v) is 14.8. The number of carbonyl (C=O) groups is 1. The molecule has 0 saturated carbocycles. The lowest BCUT2D eigenvalue weighted by Gasteiger charge is -2.32. The molecule has 1 aromatic carbocycles. The molecule has 2 aromatic rings. The number of carboxylic acids is 1. The molecule has 0 bridgehead atoms. The van der Waals surface area contributed by atoms with Crippen LogP contribution in [0.15, 0.2) is 24.3 Å². The molecule has 3 rings (SSSR count). The highest BCUT2D eigenvalue weighted by atomic mass is 35.5. The van der Waals surface area contributed by atoms with Gasteiger partial charge >= 0.3 is 5.97 Å². The van der Waals surface area contributed by atoms with Gasteiger partial charge in [0.1, 0.15) is 0 Å². The Morgan fingerprint density at radius 1 is 1.17 bits per heavy atom. The second-order valence-electron chi connectivity index (χ2n) is 5.57. The van der Waals surface area contributed by atoms with E-state index in [-0.39, 0.29) is 12.4 Å². The summed E-state index contributed by atoms with van der Waals surface area (Å²) in [5, 5.41) is 10.0. The molecule has 2 heterocycles. The predicted octanol–water partition coefficient (Wildman–Crippen LogP) is 2.99. The van der Waals surface area contributed by atoms with Crippen LogP contribution in [0.4, 0.5) is 5.13 Å². The number of hydrogen-bond donors (Lipinski definition) is 1. The van der Waals surface area contributed by atoms with Gasteiger partial charge in [0.15, 0.2) is 5.13 Å². The number of aromatic nitrogens is 1. The van der Waals surface area contributed by atoms with Crippen LogP contribution in [0.5, 0.6) is 0 Å². The first kappa shape index (κ1) is 17.7. The molecule has 7 heteroatoms. The predicted molar refractivity (Wildman–Crippen MR) is 96.2 cm³/mol. The lowest BCUT2D eigenvalue weighted by atomic mass is 10.1. The maximum atomic E-state index is 10.9. The van der Waals surface area contributed by atoms with Gasteiger partial charge in [0, 0.05) is 36.6 Å². The molecule has 1 fully saturated rings. The summed E-state index contributed by atoms with van der Waals surface area (Å²) in [7, 11) is 2.14. The molecule has 1 aliphatic heterocycles. The van der Waals surface area contributed by atoms with E-state index in [4.69, 9.17) is 10.1 Å². The highest BCUT2D eigenvalue weighted by Gasteiger charge is 2.19. The summed E-state index contributed by atoms with van der Waals surface area (Å²) in [4.78, 5) is 21.5. The molecular weight excluding hydrogens is 334 g/mol. The van der Waals surface area contributed by atoms with Gasteiger partial charge in [-0.05, 0) is 26.1 Å². The summed E-state index contributed by atoms with van der Waals surface area (Å²) < 4.78 is 0. The topological polar surface area (TPSA) is 56.7 Å². The highest BCUT2D eigenvalue weighted by molar-refractivity contribution is 7.16. The van der Waals surface area contributed by atoms with Crippen molar-refractivity contribution in [2.24, 2.45) is 0 Å². The average Bonchev–Trinajstić information content (AvgIpc) is 2.90. The summed E-state index contributed by atoms with van der Waals surface area (Å²) in [5.41, 5.74) is 2.23. The summed E-state index contributed by atoms with van der Waals surface area (Å²) in [6, 6.07) is 6.93. The minimum Gasteiger partial charge on any atom is -0.478 e. The van der Waals surface area contributed by atoms with E-state index in [0.29, 0.717) is 5.56 Å². The number of aryl methyl sites for hydroxylation is 1. The number of aromatic carboxylic acids is 1.